The highest BCUT2D eigenvalue weighted by molar-refractivity contribution is 7.26. The molecule has 0 saturated carbocycles. The standard InChI is InChI=1S/C54H37NS/c1-4-15-39(16-5-1)46-36-31-43(37-51(46)41-19-8-3-9-20-41)38-27-32-44(33-28-38)55(52-25-12-10-21-47(52)40-17-6-2-7-18-40)45-34-29-42(30-35-45)48-23-14-24-50-49-22-11-13-26-53(49)56-54(48)50/h1-37H. The third kappa shape index (κ3) is 6.26. The number of anilines is 3. The number of rotatable bonds is 8. The molecule has 0 spiro atoms. The van der Waals surface area contributed by atoms with E-state index in [-0.39, 0.29) is 0 Å². The van der Waals surface area contributed by atoms with Crippen LogP contribution in [0, 0.1) is 0 Å². The second-order valence-corrected chi connectivity index (χ2v) is 15.1. The SMILES string of the molecule is c1ccc(-c2ccc(-c3ccc(N(c4ccc(-c5cccc6c5sc5ccccc56)cc4)c4ccccc4-c4ccccc4)cc3)cc2-c2ccccc2)cc1. The number of hydrogen-bond acceptors (Lipinski definition) is 2. The molecule has 0 saturated heterocycles. The van der Waals surface area contributed by atoms with E-state index in [1.165, 1.54) is 75.8 Å². The van der Waals surface area contributed by atoms with E-state index in [2.05, 4.69) is 229 Å². The molecular weight excluding hydrogens is 695 g/mol. The van der Waals surface area contributed by atoms with Crippen molar-refractivity contribution >= 4 is 48.6 Å². The number of nitrogens with zero attached hydrogens (tertiary/aromatic N) is 1. The van der Waals surface area contributed by atoms with Gasteiger partial charge < -0.3 is 4.90 Å². The molecule has 0 fully saturated rings. The molecule has 0 aliphatic carbocycles. The first-order chi connectivity index (χ1) is 27.8. The summed E-state index contributed by atoms with van der Waals surface area (Å²) in [5.74, 6) is 0. The Kier molecular flexibility index (Phi) is 8.79. The zero-order chi connectivity index (χ0) is 37.3. The second-order valence-electron chi connectivity index (χ2n) is 14.1. The highest BCUT2D eigenvalue weighted by Gasteiger charge is 2.19. The van der Waals surface area contributed by atoms with E-state index in [0.717, 1.165) is 17.1 Å². The van der Waals surface area contributed by atoms with Crippen LogP contribution in [-0.4, -0.2) is 0 Å². The van der Waals surface area contributed by atoms with E-state index >= 15 is 0 Å². The molecule has 10 rings (SSSR count). The van der Waals surface area contributed by atoms with Gasteiger partial charge in [0.1, 0.15) is 0 Å². The molecule has 264 valence electrons. The van der Waals surface area contributed by atoms with Gasteiger partial charge in [0.2, 0.25) is 0 Å². The molecule has 0 N–H and O–H groups in total. The van der Waals surface area contributed by atoms with Gasteiger partial charge >= 0.3 is 0 Å². The Labute approximate surface area is 332 Å². The molecule has 0 aliphatic heterocycles. The third-order valence-electron chi connectivity index (χ3n) is 10.7. The number of thiophene rings is 1. The first-order valence-corrected chi connectivity index (χ1v) is 19.9. The van der Waals surface area contributed by atoms with Crippen molar-refractivity contribution in [1.29, 1.82) is 0 Å². The van der Waals surface area contributed by atoms with Crippen molar-refractivity contribution in [3.8, 4) is 55.6 Å². The number of hydrogen-bond donors (Lipinski definition) is 0. The van der Waals surface area contributed by atoms with Gasteiger partial charge in [-0.2, -0.15) is 0 Å². The Morgan fingerprint density at radius 2 is 0.768 bits per heavy atom. The van der Waals surface area contributed by atoms with Crippen molar-refractivity contribution in [2.45, 2.75) is 0 Å². The zero-order valence-corrected chi connectivity index (χ0v) is 31.5. The van der Waals surface area contributed by atoms with E-state index in [1.54, 1.807) is 0 Å². The summed E-state index contributed by atoms with van der Waals surface area (Å²) < 4.78 is 2.65. The fourth-order valence-electron chi connectivity index (χ4n) is 7.98. The lowest BCUT2D eigenvalue weighted by Gasteiger charge is -2.28. The second kappa shape index (κ2) is 14.7. The number of fused-ring (bicyclic) bond motifs is 3. The molecule has 0 unspecified atom stereocenters. The Balaban J connectivity index is 1.07. The molecule has 0 amide bonds. The minimum Gasteiger partial charge on any atom is -0.310 e. The average molecular weight is 732 g/mol. The Bertz CT molecular complexity index is 2930. The quantitative estimate of drug-likeness (QED) is 0.150. The van der Waals surface area contributed by atoms with Crippen LogP contribution in [-0.2, 0) is 0 Å². The maximum absolute atomic E-state index is 2.39. The van der Waals surface area contributed by atoms with E-state index < -0.39 is 0 Å². The van der Waals surface area contributed by atoms with Crippen molar-refractivity contribution in [1.82, 2.24) is 0 Å². The topological polar surface area (TPSA) is 3.24 Å². The molecule has 10 aromatic rings. The summed E-state index contributed by atoms with van der Waals surface area (Å²) in [6, 6.07) is 81.2. The summed E-state index contributed by atoms with van der Waals surface area (Å²) in [4.78, 5) is 2.39. The largest absolute Gasteiger partial charge is 0.310 e. The minimum atomic E-state index is 1.10. The molecule has 0 atom stereocenters. The Morgan fingerprint density at radius 1 is 0.286 bits per heavy atom. The van der Waals surface area contributed by atoms with Gasteiger partial charge in [-0.15, -0.1) is 11.3 Å². The lowest BCUT2D eigenvalue weighted by molar-refractivity contribution is 1.28. The average Bonchev–Trinajstić information content (AvgIpc) is 3.67. The predicted octanol–water partition coefficient (Wildman–Crippen LogP) is 15.9. The van der Waals surface area contributed by atoms with E-state index in [0.29, 0.717) is 0 Å². The van der Waals surface area contributed by atoms with Crippen LogP contribution in [0.4, 0.5) is 17.1 Å². The van der Waals surface area contributed by atoms with Crippen LogP contribution in [0.3, 0.4) is 0 Å². The summed E-state index contributed by atoms with van der Waals surface area (Å²) in [5.41, 5.74) is 15.4. The summed E-state index contributed by atoms with van der Waals surface area (Å²) in [5, 5.41) is 2.64. The summed E-state index contributed by atoms with van der Waals surface area (Å²) in [6.07, 6.45) is 0. The molecule has 0 aliphatic rings. The van der Waals surface area contributed by atoms with Crippen molar-refractivity contribution in [3.63, 3.8) is 0 Å². The molecular formula is C54H37NS. The van der Waals surface area contributed by atoms with Crippen LogP contribution < -0.4 is 4.90 Å². The first kappa shape index (κ1) is 33.6. The van der Waals surface area contributed by atoms with Crippen LogP contribution in [0.1, 0.15) is 0 Å². The predicted molar refractivity (Wildman–Crippen MR) is 241 cm³/mol. The van der Waals surface area contributed by atoms with Crippen LogP contribution >= 0.6 is 11.3 Å². The Morgan fingerprint density at radius 3 is 1.45 bits per heavy atom. The first-order valence-electron chi connectivity index (χ1n) is 19.1. The van der Waals surface area contributed by atoms with Crippen LogP contribution in [0.5, 0.6) is 0 Å². The number of benzene rings is 9. The normalized spacial score (nSPS) is 11.2. The molecule has 1 heterocycles. The van der Waals surface area contributed by atoms with Gasteiger partial charge in [-0.05, 0) is 92.5 Å². The highest BCUT2D eigenvalue weighted by atomic mass is 32.1. The molecule has 0 radical (unpaired) electrons. The summed E-state index contributed by atoms with van der Waals surface area (Å²) in [6.45, 7) is 0. The monoisotopic (exact) mass is 731 g/mol. The molecule has 56 heavy (non-hydrogen) atoms. The van der Waals surface area contributed by atoms with Crippen LogP contribution in [0.2, 0.25) is 0 Å². The van der Waals surface area contributed by atoms with Gasteiger partial charge in [0.05, 0.1) is 5.69 Å². The van der Waals surface area contributed by atoms with Gasteiger partial charge in [-0.25, -0.2) is 0 Å². The Hall–Kier alpha value is -7.00. The summed E-state index contributed by atoms with van der Waals surface area (Å²) >= 11 is 1.87. The van der Waals surface area contributed by atoms with E-state index in [1.807, 2.05) is 11.3 Å². The van der Waals surface area contributed by atoms with Crippen molar-refractivity contribution in [2.24, 2.45) is 0 Å². The van der Waals surface area contributed by atoms with Gasteiger partial charge in [-0.1, -0.05) is 182 Å². The highest BCUT2D eigenvalue weighted by Crippen LogP contribution is 2.44. The van der Waals surface area contributed by atoms with Gasteiger partial charge in [0, 0.05) is 37.1 Å². The molecule has 9 aromatic carbocycles. The van der Waals surface area contributed by atoms with E-state index in [9.17, 15) is 0 Å². The fourth-order valence-corrected chi connectivity index (χ4v) is 9.21. The zero-order valence-electron chi connectivity index (χ0n) is 30.7. The van der Waals surface area contributed by atoms with Gasteiger partial charge in [0.15, 0.2) is 0 Å². The maximum atomic E-state index is 2.39. The summed E-state index contributed by atoms with van der Waals surface area (Å²) in [7, 11) is 0. The van der Waals surface area contributed by atoms with Gasteiger partial charge in [-0.3, -0.25) is 0 Å². The minimum absolute atomic E-state index is 1.10. The van der Waals surface area contributed by atoms with Crippen molar-refractivity contribution in [3.05, 3.63) is 224 Å². The smallest absolute Gasteiger partial charge is 0.0540 e. The number of para-hydroxylation sites is 1. The fraction of sp³-hybridized carbons (Fsp3) is 0. The van der Waals surface area contributed by atoms with Crippen LogP contribution in [0.25, 0.3) is 75.8 Å². The molecule has 2 heteroatoms. The van der Waals surface area contributed by atoms with E-state index in [4.69, 9.17) is 0 Å². The van der Waals surface area contributed by atoms with Crippen LogP contribution in [0.15, 0.2) is 224 Å². The lowest BCUT2D eigenvalue weighted by Crippen LogP contribution is -2.11. The molecule has 1 aromatic heterocycles. The molecule has 1 nitrogen and oxygen atoms in total. The van der Waals surface area contributed by atoms with Crippen molar-refractivity contribution < 1.29 is 0 Å². The van der Waals surface area contributed by atoms with Gasteiger partial charge in [0.25, 0.3) is 0 Å². The lowest BCUT2D eigenvalue weighted by atomic mass is 9.91. The molecule has 0 bridgehead atoms. The van der Waals surface area contributed by atoms with Crippen molar-refractivity contribution in [2.75, 3.05) is 4.90 Å². The third-order valence-corrected chi connectivity index (χ3v) is 11.9. The maximum Gasteiger partial charge on any atom is 0.0540 e.